The molecule has 0 spiro atoms. The molecule has 15 nitrogen and oxygen atoms in total. The number of aromatic amines is 1. The molecule has 64 heavy (non-hydrogen) atoms. The number of pyridine rings is 1. The molecule has 336 valence electrons. The zero-order chi connectivity index (χ0) is 44.6. The largest absolute Gasteiger partial charge is 0.455 e. The van der Waals surface area contributed by atoms with Crippen LogP contribution >= 0.6 is 11.6 Å². The van der Waals surface area contributed by atoms with Gasteiger partial charge in [-0.3, -0.25) is 24.7 Å². The SMILES string of the molecule is CC1(C)CCC(CN2CCN(c3ccc(C(=O)NS(=O)(=O)c4ccc(NCC5CCN(C6COC6)C5)c([N+](=O)[O-])c4)c(Oc4cnc5[nH]ccc5c4)c3)CC2)=C(c2ccc(Cl)cc2)C1. The van der Waals surface area contributed by atoms with Crippen LogP contribution in [0.5, 0.6) is 11.5 Å². The fourth-order valence-electron chi connectivity index (χ4n) is 9.24. The van der Waals surface area contributed by atoms with Gasteiger partial charge in [-0.2, -0.15) is 0 Å². The molecule has 4 aliphatic rings. The summed E-state index contributed by atoms with van der Waals surface area (Å²) in [5.74, 6) is -0.182. The number of sulfonamides is 1. The topological polar surface area (TPSA) is 175 Å². The van der Waals surface area contributed by atoms with Crippen molar-refractivity contribution in [2.24, 2.45) is 11.3 Å². The number of carbonyl (C=O) groups is 1. The minimum atomic E-state index is -4.56. The van der Waals surface area contributed by atoms with Crippen LogP contribution in [-0.4, -0.2) is 111 Å². The van der Waals surface area contributed by atoms with Crippen molar-refractivity contribution in [3.05, 3.63) is 117 Å². The minimum Gasteiger partial charge on any atom is -0.455 e. The van der Waals surface area contributed by atoms with Crippen LogP contribution in [0.25, 0.3) is 16.6 Å². The van der Waals surface area contributed by atoms with Crippen LogP contribution in [0.2, 0.25) is 5.02 Å². The molecule has 0 radical (unpaired) electrons. The number of nitro benzene ring substituents is 1. The Kier molecular flexibility index (Phi) is 12.4. The van der Waals surface area contributed by atoms with Crippen LogP contribution in [-0.2, 0) is 14.8 Å². The summed E-state index contributed by atoms with van der Waals surface area (Å²) in [6.45, 7) is 12.4. The van der Waals surface area contributed by atoms with Gasteiger partial charge in [-0.15, -0.1) is 0 Å². The Morgan fingerprint density at radius 2 is 1.83 bits per heavy atom. The van der Waals surface area contributed by atoms with Gasteiger partial charge in [0.25, 0.3) is 21.6 Å². The third kappa shape index (κ3) is 9.76. The quantitative estimate of drug-likeness (QED) is 0.0726. The number of halogens is 1. The first-order chi connectivity index (χ1) is 30.8. The van der Waals surface area contributed by atoms with E-state index in [2.05, 4.69) is 60.7 Å². The number of benzene rings is 3. The number of rotatable bonds is 14. The first-order valence-electron chi connectivity index (χ1n) is 21.9. The van der Waals surface area contributed by atoms with Gasteiger partial charge in [0.15, 0.2) is 0 Å². The second-order valence-electron chi connectivity index (χ2n) is 18.2. The number of hydrogen-bond acceptors (Lipinski definition) is 12. The van der Waals surface area contributed by atoms with Crippen molar-refractivity contribution in [3.63, 3.8) is 0 Å². The van der Waals surface area contributed by atoms with E-state index in [1.165, 1.54) is 35.0 Å². The van der Waals surface area contributed by atoms with Crippen LogP contribution < -0.4 is 19.7 Å². The lowest BCUT2D eigenvalue weighted by atomic mass is 9.72. The third-order valence-corrected chi connectivity index (χ3v) is 14.7. The summed E-state index contributed by atoms with van der Waals surface area (Å²) in [6, 6.07) is 20.9. The van der Waals surface area contributed by atoms with Gasteiger partial charge < -0.3 is 24.7 Å². The van der Waals surface area contributed by atoms with Gasteiger partial charge in [-0.1, -0.05) is 43.2 Å². The second kappa shape index (κ2) is 18.2. The number of nitro groups is 1. The lowest BCUT2D eigenvalue weighted by Gasteiger charge is -2.39. The predicted molar refractivity (Wildman–Crippen MR) is 248 cm³/mol. The first kappa shape index (κ1) is 43.7. The molecule has 17 heteroatoms. The fraction of sp³-hybridized carbons (Fsp3) is 0.404. The number of nitrogens with one attached hydrogen (secondary N) is 3. The van der Waals surface area contributed by atoms with E-state index < -0.39 is 31.4 Å². The van der Waals surface area contributed by atoms with E-state index in [4.69, 9.17) is 21.1 Å². The maximum atomic E-state index is 14.0. The summed E-state index contributed by atoms with van der Waals surface area (Å²) in [6.07, 6.45) is 7.43. The number of H-pyrrole nitrogens is 1. The molecule has 9 rings (SSSR count). The smallest absolute Gasteiger partial charge is 0.293 e. The lowest BCUT2D eigenvalue weighted by molar-refractivity contribution is -0.384. The van der Waals surface area contributed by atoms with Crippen LogP contribution in [0.3, 0.4) is 0 Å². The Balaban J connectivity index is 0.910. The lowest BCUT2D eigenvalue weighted by Crippen LogP contribution is -2.48. The van der Waals surface area contributed by atoms with E-state index in [1.807, 2.05) is 18.2 Å². The predicted octanol–water partition coefficient (Wildman–Crippen LogP) is 7.95. The minimum absolute atomic E-state index is 0.0335. The van der Waals surface area contributed by atoms with Gasteiger partial charge in [0, 0.05) is 80.2 Å². The number of likely N-dealkylation sites (tertiary alicyclic amines) is 1. The monoisotopic (exact) mass is 908 g/mol. The number of carbonyl (C=O) groups excluding carboxylic acids is 1. The Morgan fingerprint density at radius 3 is 2.58 bits per heavy atom. The van der Waals surface area contributed by atoms with Gasteiger partial charge >= 0.3 is 0 Å². The molecule has 3 aliphatic heterocycles. The Bertz CT molecular complexity index is 2690. The molecule has 3 N–H and O–H groups in total. The standard InChI is InChI=1S/C47H53ClN8O7S/c1-47(2)14-11-34(41(24-47)32-3-5-35(48)6-4-32)28-53-17-19-54(20-18-53)36-7-9-40(44(22-36)63-38-21-33-12-15-49-45(33)51-26-38)46(57)52-64(60,61)39-8-10-42(43(23-39)56(58)59)50-25-31-13-16-55(27-31)37-29-62-30-37/h3-10,12,15,21-23,26,31,37,50H,11,13-14,16-20,24-25,27-30H2,1-2H3,(H,49,51)(H,52,57). The number of fused-ring (bicyclic) bond motifs is 1. The second-order valence-corrected chi connectivity index (χ2v) is 20.3. The summed E-state index contributed by atoms with van der Waals surface area (Å²) >= 11 is 6.25. The number of anilines is 2. The fourth-order valence-corrected chi connectivity index (χ4v) is 10.4. The number of amides is 1. The first-order valence-corrected chi connectivity index (χ1v) is 23.7. The van der Waals surface area contributed by atoms with E-state index in [9.17, 15) is 23.3 Å². The molecule has 2 aromatic heterocycles. The highest BCUT2D eigenvalue weighted by molar-refractivity contribution is 7.90. The maximum Gasteiger partial charge on any atom is 0.293 e. The molecule has 0 bridgehead atoms. The van der Waals surface area contributed by atoms with Crippen molar-refractivity contribution in [2.75, 3.05) is 75.8 Å². The average Bonchev–Trinajstić information content (AvgIpc) is 3.93. The number of ether oxygens (including phenoxy) is 2. The van der Waals surface area contributed by atoms with Crippen molar-refractivity contribution in [2.45, 2.75) is 50.5 Å². The number of piperazine rings is 1. The molecular weight excluding hydrogens is 856 g/mol. The van der Waals surface area contributed by atoms with Crippen molar-refractivity contribution >= 4 is 61.2 Å². The zero-order valence-corrected chi connectivity index (χ0v) is 37.6. The van der Waals surface area contributed by atoms with E-state index >= 15 is 0 Å². The molecule has 0 saturated carbocycles. The number of aromatic nitrogens is 2. The Hall–Kier alpha value is -5.52. The molecule has 1 amide bonds. The van der Waals surface area contributed by atoms with Gasteiger partial charge in [0.1, 0.15) is 22.8 Å². The highest BCUT2D eigenvalue weighted by Gasteiger charge is 2.34. The average molecular weight is 910 g/mol. The summed E-state index contributed by atoms with van der Waals surface area (Å²) in [4.78, 5) is 39.7. The van der Waals surface area contributed by atoms with E-state index in [1.54, 1.807) is 30.5 Å². The van der Waals surface area contributed by atoms with Crippen LogP contribution in [0, 0.1) is 21.4 Å². The summed E-state index contributed by atoms with van der Waals surface area (Å²) < 4.78 is 41.3. The van der Waals surface area contributed by atoms with Gasteiger partial charge in [0.2, 0.25) is 0 Å². The molecule has 5 heterocycles. The number of allylic oxidation sites excluding steroid dienone is 1. The van der Waals surface area contributed by atoms with E-state index in [0.717, 1.165) is 107 Å². The molecule has 3 fully saturated rings. The highest BCUT2D eigenvalue weighted by atomic mass is 35.5. The molecule has 3 aromatic carbocycles. The van der Waals surface area contributed by atoms with Crippen LogP contribution in [0.1, 0.15) is 55.5 Å². The van der Waals surface area contributed by atoms with Gasteiger partial charge in [-0.25, -0.2) is 18.1 Å². The maximum absolute atomic E-state index is 14.0. The Morgan fingerprint density at radius 1 is 1.03 bits per heavy atom. The Labute approximate surface area is 378 Å². The number of hydrogen-bond donors (Lipinski definition) is 3. The molecule has 1 atom stereocenters. The van der Waals surface area contributed by atoms with Crippen molar-refractivity contribution in [3.8, 4) is 11.5 Å². The van der Waals surface area contributed by atoms with E-state index in [-0.39, 0.29) is 28.3 Å². The summed E-state index contributed by atoms with van der Waals surface area (Å²) in [5, 5.41) is 16.9. The van der Waals surface area contributed by atoms with Crippen LogP contribution in [0.15, 0.2) is 95.7 Å². The summed E-state index contributed by atoms with van der Waals surface area (Å²) in [5.41, 5.74) is 5.58. The summed E-state index contributed by atoms with van der Waals surface area (Å²) in [7, 11) is -4.56. The number of nitrogens with zero attached hydrogens (tertiary/aromatic N) is 5. The van der Waals surface area contributed by atoms with Crippen LogP contribution in [0.4, 0.5) is 17.1 Å². The van der Waals surface area contributed by atoms with Gasteiger partial charge in [-0.05, 0) is 103 Å². The normalized spacial score (nSPS) is 19.7. The molecule has 5 aromatic rings. The molecular formula is C47H53ClN8O7S. The third-order valence-electron chi connectivity index (χ3n) is 13.1. The molecule has 1 unspecified atom stereocenters. The zero-order valence-electron chi connectivity index (χ0n) is 36.0. The van der Waals surface area contributed by atoms with Crippen molar-refractivity contribution in [1.82, 2.24) is 24.5 Å². The van der Waals surface area contributed by atoms with Crippen molar-refractivity contribution in [1.29, 1.82) is 0 Å². The molecule has 1 aliphatic carbocycles. The molecule has 3 saturated heterocycles. The van der Waals surface area contributed by atoms with Gasteiger partial charge in [0.05, 0.1) is 40.8 Å². The highest BCUT2D eigenvalue weighted by Crippen LogP contribution is 2.43. The van der Waals surface area contributed by atoms with Crippen molar-refractivity contribution < 1.29 is 27.6 Å². The van der Waals surface area contributed by atoms with E-state index in [0.29, 0.717) is 24.0 Å².